The van der Waals surface area contributed by atoms with Crippen LogP contribution in [0, 0.1) is 0 Å². The molecular formula is C15H12F3N3O2S. The monoisotopic (exact) mass is 355 g/mol. The minimum atomic E-state index is -4.44. The Bertz CT molecular complexity index is 741. The van der Waals surface area contributed by atoms with Gasteiger partial charge in [-0.3, -0.25) is 4.79 Å². The minimum Gasteiger partial charge on any atom is -0.364 e. The van der Waals surface area contributed by atoms with E-state index >= 15 is 0 Å². The lowest BCUT2D eigenvalue weighted by Crippen LogP contribution is -2.25. The molecule has 1 N–H and O–H groups in total. The van der Waals surface area contributed by atoms with E-state index in [2.05, 4.69) is 37.4 Å². The lowest BCUT2D eigenvalue weighted by atomic mass is 10.0. The standard InChI is InChI=1S/C15H12F3N3O2S/c16-15(17,18)11-3-1-2-10(8-11)12(20-9-24)4-6-19-14(22)13-5-7-23-21-13/h1-3,5,7-8,12H,4,6H2,(H,19,22). The summed E-state index contributed by atoms with van der Waals surface area (Å²) >= 11 is 4.55. The summed E-state index contributed by atoms with van der Waals surface area (Å²) < 4.78 is 42.9. The first-order valence-electron chi connectivity index (χ1n) is 6.84. The van der Waals surface area contributed by atoms with E-state index in [-0.39, 0.29) is 18.7 Å². The van der Waals surface area contributed by atoms with Gasteiger partial charge in [0.05, 0.1) is 16.8 Å². The van der Waals surface area contributed by atoms with Crippen molar-refractivity contribution in [2.45, 2.75) is 18.6 Å². The third kappa shape index (κ3) is 4.74. The lowest BCUT2D eigenvalue weighted by molar-refractivity contribution is -0.137. The zero-order chi connectivity index (χ0) is 17.6. The Morgan fingerprint density at radius 1 is 1.42 bits per heavy atom. The van der Waals surface area contributed by atoms with Gasteiger partial charge < -0.3 is 9.84 Å². The number of halogens is 3. The number of aliphatic imine (C=N–C) groups is 1. The zero-order valence-corrected chi connectivity index (χ0v) is 13.0. The van der Waals surface area contributed by atoms with Crippen molar-refractivity contribution in [3.8, 4) is 0 Å². The second-order valence-electron chi connectivity index (χ2n) is 4.79. The highest BCUT2D eigenvalue weighted by atomic mass is 32.1. The number of amides is 1. The molecule has 2 aromatic rings. The predicted octanol–water partition coefficient (Wildman–Crippen LogP) is 3.66. The Morgan fingerprint density at radius 3 is 2.83 bits per heavy atom. The molecule has 126 valence electrons. The van der Waals surface area contributed by atoms with Gasteiger partial charge in [-0.25, -0.2) is 4.99 Å². The highest BCUT2D eigenvalue weighted by molar-refractivity contribution is 7.78. The first-order valence-corrected chi connectivity index (χ1v) is 7.25. The molecule has 1 aromatic heterocycles. The Kier molecular flexibility index (Phi) is 5.83. The summed E-state index contributed by atoms with van der Waals surface area (Å²) in [6, 6.07) is 5.58. The van der Waals surface area contributed by atoms with Gasteiger partial charge in [-0.15, -0.1) is 0 Å². The van der Waals surface area contributed by atoms with E-state index in [0.717, 1.165) is 12.1 Å². The van der Waals surface area contributed by atoms with Crippen molar-refractivity contribution in [1.29, 1.82) is 0 Å². The van der Waals surface area contributed by atoms with Crippen LogP contribution >= 0.6 is 12.2 Å². The third-order valence-corrected chi connectivity index (χ3v) is 3.29. The van der Waals surface area contributed by atoms with Gasteiger partial charge in [-0.1, -0.05) is 17.3 Å². The van der Waals surface area contributed by atoms with Crippen LogP contribution < -0.4 is 5.32 Å². The molecule has 1 aromatic carbocycles. The number of benzene rings is 1. The van der Waals surface area contributed by atoms with Gasteiger partial charge in [-0.2, -0.15) is 13.2 Å². The van der Waals surface area contributed by atoms with Crippen LogP contribution in [0.1, 0.15) is 34.1 Å². The topological polar surface area (TPSA) is 67.5 Å². The molecule has 0 saturated heterocycles. The summed E-state index contributed by atoms with van der Waals surface area (Å²) in [5.41, 5.74) is -0.307. The molecule has 0 spiro atoms. The molecule has 1 heterocycles. The molecule has 0 bridgehead atoms. The fraction of sp³-hybridized carbons (Fsp3) is 0.267. The molecule has 1 unspecified atom stereocenters. The minimum absolute atomic E-state index is 0.115. The zero-order valence-electron chi connectivity index (χ0n) is 12.2. The van der Waals surface area contributed by atoms with E-state index in [1.54, 1.807) is 0 Å². The maximum atomic E-state index is 12.8. The molecular weight excluding hydrogens is 343 g/mol. The van der Waals surface area contributed by atoms with Crippen LogP contribution in [0.25, 0.3) is 0 Å². The average molecular weight is 355 g/mol. The maximum Gasteiger partial charge on any atom is 0.416 e. The van der Waals surface area contributed by atoms with Crippen molar-refractivity contribution in [3.05, 3.63) is 53.4 Å². The van der Waals surface area contributed by atoms with Crippen LogP contribution in [0.3, 0.4) is 0 Å². The van der Waals surface area contributed by atoms with E-state index in [4.69, 9.17) is 0 Å². The quantitative estimate of drug-likeness (QED) is 0.634. The summed E-state index contributed by atoms with van der Waals surface area (Å²) in [7, 11) is 0. The van der Waals surface area contributed by atoms with Gasteiger partial charge in [0.25, 0.3) is 5.91 Å². The number of nitrogens with one attached hydrogen (secondary N) is 1. The Hall–Kier alpha value is -2.51. The lowest BCUT2D eigenvalue weighted by Gasteiger charge is -2.14. The van der Waals surface area contributed by atoms with Crippen LogP contribution in [0.5, 0.6) is 0 Å². The third-order valence-electron chi connectivity index (χ3n) is 3.18. The van der Waals surface area contributed by atoms with Crippen molar-refractivity contribution in [2.24, 2.45) is 4.99 Å². The number of carbonyl (C=O) groups is 1. The van der Waals surface area contributed by atoms with E-state index in [0.29, 0.717) is 5.56 Å². The molecule has 0 saturated carbocycles. The summed E-state index contributed by atoms with van der Waals surface area (Å²) in [5, 5.41) is 8.24. The SMILES string of the molecule is O=C(NCCC(N=C=S)c1cccc(C(F)(F)F)c1)c1ccon1. The van der Waals surface area contributed by atoms with Gasteiger partial charge in [0, 0.05) is 12.6 Å². The fourth-order valence-corrected chi connectivity index (χ4v) is 2.16. The molecule has 0 aliphatic rings. The number of thiocarbonyl (C=S) groups is 1. The highest BCUT2D eigenvalue weighted by Gasteiger charge is 2.31. The maximum absolute atomic E-state index is 12.8. The first-order chi connectivity index (χ1) is 11.4. The summed E-state index contributed by atoms with van der Waals surface area (Å²) in [6.45, 7) is 0.174. The number of hydrogen-bond acceptors (Lipinski definition) is 5. The number of alkyl halides is 3. The molecule has 0 fully saturated rings. The van der Waals surface area contributed by atoms with Gasteiger partial charge in [0.2, 0.25) is 0 Å². The number of carbonyl (C=O) groups excluding carboxylic acids is 1. The number of aromatic nitrogens is 1. The van der Waals surface area contributed by atoms with Crippen LogP contribution in [0.15, 0.2) is 46.1 Å². The summed E-state index contributed by atoms with van der Waals surface area (Å²) in [5.74, 6) is -0.446. The predicted molar refractivity (Wildman–Crippen MR) is 82.7 cm³/mol. The second kappa shape index (κ2) is 7.85. The van der Waals surface area contributed by atoms with E-state index < -0.39 is 23.7 Å². The van der Waals surface area contributed by atoms with Gasteiger partial charge in [0.15, 0.2) is 5.69 Å². The molecule has 5 nitrogen and oxygen atoms in total. The van der Waals surface area contributed by atoms with Crippen molar-refractivity contribution in [1.82, 2.24) is 10.5 Å². The largest absolute Gasteiger partial charge is 0.416 e. The van der Waals surface area contributed by atoms with Crippen molar-refractivity contribution in [2.75, 3.05) is 6.54 Å². The number of nitrogens with zero attached hydrogens (tertiary/aromatic N) is 2. The Balaban J connectivity index is 2.04. The molecule has 0 radical (unpaired) electrons. The van der Waals surface area contributed by atoms with Crippen LogP contribution in [0.2, 0.25) is 0 Å². The average Bonchev–Trinajstić information content (AvgIpc) is 3.08. The van der Waals surface area contributed by atoms with E-state index in [1.165, 1.54) is 24.5 Å². The molecule has 9 heteroatoms. The van der Waals surface area contributed by atoms with Gasteiger partial charge in [0.1, 0.15) is 6.26 Å². The summed E-state index contributed by atoms with van der Waals surface area (Å²) in [6.07, 6.45) is -2.92. The van der Waals surface area contributed by atoms with Crippen molar-refractivity contribution < 1.29 is 22.5 Å². The number of isothiocyanates is 1. The van der Waals surface area contributed by atoms with Crippen LogP contribution in [0.4, 0.5) is 13.2 Å². The Morgan fingerprint density at radius 2 is 2.21 bits per heavy atom. The molecule has 2 rings (SSSR count). The molecule has 1 atom stereocenters. The highest BCUT2D eigenvalue weighted by Crippen LogP contribution is 2.32. The van der Waals surface area contributed by atoms with Crippen LogP contribution in [-0.4, -0.2) is 22.8 Å². The number of hydrogen-bond donors (Lipinski definition) is 1. The normalized spacial score (nSPS) is 12.3. The fourth-order valence-electron chi connectivity index (χ4n) is 2.03. The Labute approximate surface area is 140 Å². The molecule has 24 heavy (non-hydrogen) atoms. The second-order valence-corrected chi connectivity index (χ2v) is 4.97. The van der Waals surface area contributed by atoms with E-state index in [9.17, 15) is 18.0 Å². The summed E-state index contributed by atoms with van der Waals surface area (Å²) in [4.78, 5) is 15.6. The van der Waals surface area contributed by atoms with Crippen molar-refractivity contribution in [3.63, 3.8) is 0 Å². The molecule has 0 aliphatic carbocycles. The first kappa shape index (κ1) is 17.8. The van der Waals surface area contributed by atoms with Crippen LogP contribution in [-0.2, 0) is 6.18 Å². The van der Waals surface area contributed by atoms with Crippen molar-refractivity contribution >= 4 is 23.3 Å². The van der Waals surface area contributed by atoms with E-state index in [1.807, 2.05) is 0 Å². The van der Waals surface area contributed by atoms with Gasteiger partial charge in [-0.05, 0) is 36.3 Å². The molecule has 0 aliphatic heterocycles. The smallest absolute Gasteiger partial charge is 0.364 e. The molecule has 1 amide bonds. The van der Waals surface area contributed by atoms with Gasteiger partial charge >= 0.3 is 6.18 Å². The number of rotatable bonds is 6.